The molecule has 2 N–H and O–H groups in total. The van der Waals surface area contributed by atoms with Gasteiger partial charge in [0.25, 0.3) is 0 Å². The van der Waals surface area contributed by atoms with Crippen LogP contribution in [0.25, 0.3) is 11.1 Å². The Hall–Kier alpha value is -2.49. The molecular weight excluding hydrogens is 358 g/mol. The summed E-state index contributed by atoms with van der Waals surface area (Å²) in [5, 5.41) is 19.7. The Kier molecular flexibility index (Phi) is 5.73. The second kappa shape index (κ2) is 8.03. The van der Waals surface area contributed by atoms with E-state index < -0.39 is 0 Å². The number of fused-ring (bicyclic) bond motifs is 1. The maximum atomic E-state index is 9.94. The van der Waals surface area contributed by atoms with Gasteiger partial charge >= 0.3 is 0 Å². The molecule has 0 spiro atoms. The summed E-state index contributed by atoms with van der Waals surface area (Å²) in [4.78, 5) is 2.32. The van der Waals surface area contributed by atoms with Crippen molar-refractivity contribution in [3.63, 3.8) is 0 Å². The van der Waals surface area contributed by atoms with Crippen molar-refractivity contribution in [1.82, 2.24) is 4.90 Å². The largest absolute Gasteiger partial charge is 0.504 e. The van der Waals surface area contributed by atoms with Crippen molar-refractivity contribution in [1.29, 1.82) is 0 Å². The van der Waals surface area contributed by atoms with Crippen molar-refractivity contribution in [3.05, 3.63) is 83.4 Å². The fraction of sp³-hybridized carbons (Fsp3) is 0.217. The molecule has 0 fully saturated rings. The number of halogens is 1. The Labute approximate surface area is 166 Å². The number of likely N-dealkylation sites (N-methyl/N-ethyl adjacent to an activating group) is 1. The molecule has 1 atom stereocenters. The van der Waals surface area contributed by atoms with Gasteiger partial charge in [-0.05, 0) is 59.8 Å². The zero-order valence-corrected chi connectivity index (χ0v) is 16.1. The summed E-state index contributed by atoms with van der Waals surface area (Å²) >= 11 is 0. The molecule has 0 saturated heterocycles. The highest BCUT2D eigenvalue weighted by atomic mass is 35.5. The van der Waals surface area contributed by atoms with Crippen LogP contribution in [0.1, 0.15) is 22.7 Å². The zero-order chi connectivity index (χ0) is 18.1. The van der Waals surface area contributed by atoms with Gasteiger partial charge in [0.2, 0.25) is 0 Å². The molecule has 0 radical (unpaired) electrons. The summed E-state index contributed by atoms with van der Waals surface area (Å²) in [5.41, 5.74) is 5.95. The van der Waals surface area contributed by atoms with Crippen molar-refractivity contribution in [2.45, 2.75) is 18.9 Å². The highest BCUT2D eigenvalue weighted by Crippen LogP contribution is 2.38. The Bertz CT molecular complexity index is 910. The minimum absolute atomic E-state index is 0. The lowest BCUT2D eigenvalue weighted by atomic mass is 9.88. The van der Waals surface area contributed by atoms with Gasteiger partial charge in [-0.2, -0.15) is 0 Å². The number of hydrogen-bond donors (Lipinski definition) is 2. The van der Waals surface area contributed by atoms with Crippen LogP contribution < -0.4 is 0 Å². The lowest BCUT2D eigenvalue weighted by Gasteiger charge is -2.35. The van der Waals surface area contributed by atoms with Crippen molar-refractivity contribution >= 4 is 12.4 Å². The third-order valence-electron chi connectivity index (χ3n) is 5.35. The van der Waals surface area contributed by atoms with Crippen LogP contribution in [-0.2, 0) is 12.8 Å². The highest BCUT2D eigenvalue weighted by Gasteiger charge is 2.26. The molecule has 0 aliphatic carbocycles. The first-order valence-electron chi connectivity index (χ1n) is 9.01. The minimum Gasteiger partial charge on any atom is -0.504 e. The minimum atomic E-state index is -0.0384. The molecule has 3 nitrogen and oxygen atoms in total. The van der Waals surface area contributed by atoms with Gasteiger partial charge < -0.3 is 10.2 Å². The fourth-order valence-corrected chi connectivity index (χ4v) is 3.81. The fourth-order valence-electron chi connectivity index (χ4n) is 3.81. The second-order valence-electron chi connectivity index (χ2n) is 7.05. The van der Waals surface area contributed by atoms with Crippen molar-refractivity contribution in [2.24, 2.45) is 0 Å². The van der Waals surface area contributed by atoms with Crippen molar-refractivity contribution in [3.8, 4) is 22.6 Å². The molecule has 1 heterocycles. The summed E-state index contributed by atoms with van der Waals surface area (Å²) in [6, 6.07) is 22.7. The molecule has 4 heteroatoms. The molecule has 1 aliphatic rings. The van der Waals surface area contributed by atoms with E-state index in [2.05, 4.69) is 60.5 Å². The van der Waals surface area contributed by atoms with Gasteiger partial charge in [-0.25, -0.2) is 0 Å². The molecule has 0 amide bonds. The molecule has 0 aromatic heterocycles. The zero-order valence-electron chi connectivity index (χ0n) is 15.3. The van der Waals surface area contributed by atoms with Crippen LogP contribution in [0.2, 0.25) is 0 Å². The van der Waals surface area contributed by atoms with Crippen LogP contribution in [-0.4, -0.2) is 28.7 Å². The van der Waals surface area contributed by atoms with E-state index in [-0.39, 0.29) is 29.9 Å². The van der Waals surface area contributed by atoms with Gasteiger partial charge in [-0.15, -0.1) is 12.4 Å². The predicted octanol–water partition coefficient (Wildman–Crippen LogP) is 4.96. The molecule has 3 aromatic rings. The molecule has 27 heavy (non-hydrogen) atoms. The van der Waals surface area contributed by atoms with Crippen LogP contribution in [0, 0.1) is 0 Å². The van der Waals surface area contributed by atoms with Crippen LogP contribution in [0.5, 0.6) is 11.5 Å². The van der Waals surface area contributed by atoms with Gasteiger partial charge in [-0.1, -0.05) is 54.6 Å². The van der Waals surface area contributed by atoms with E-state index in [1.165, 1.54) is 16.7 Å². The first-order valence-corrected chi connectivity index (χ1v) is 9.01. The average molecular weight is 382 g/mol. The van der Waals surface area contributed by atoms with E-state index in [0.717, 1.165) is 30.5 Å². The maximum Gasteiger partial charge on any atom is 0.157 e. The SMILES string of the molecule is CN1CCc2cc(O)c(O)cc2C1Cc1ccc(-c2ccccc2)cc1.Cl. The van der Waals surface area contributed by atoms with Gasteiger partial charge in [0.1, 0.15) is 0 Å². The summed E-state index contributed by atoms with van der Waals surface area (Å²) in [6.07, 6.45) is 1.77. The monoisotopic (exact) mass is 381 g/mol. The number of nitrogens with zero attached hydrogens (tertiary/aromatic N) is 1. The molecular formula is C23H24ClNO2. The van der Waals surface area contributed by atoms with E-state index in [0.29, 0.717) is 0 Å². The highest BCUT2D eigenvalue weighted by molar-refractivity contribution is 5.85. The molecule has 3 aromatic carbocycles. The average Bonchev–Trinajstić information content (AvgIpc) is 2.67. The first kappa shape index (κ1) is 19.3. The number of benzene rings is 3. The molecule has 0 saturated carbocycles. The number of phenols is 2. The normalized spacial score (nSPS) is 16.4. The summed E-state index contributed by atoms with van der Waals surface area (Å²) in [7, 11) is 2.12. The lowest BCUT2D eigenvalue weighted by Crippen LogP contribution is -2.33. The standard InChI is InChI=1S/C23H23NO2.ClH/c1-24-12-11-19-14-22(25)23(26)15-20(19)21(24)13-16-7-9-18(10-8-16)17-5-3-2-4-6-17;/h2-10,14-15,21,25-26H,11-13H2,1H3;1H. The third kappa shape index (κ3) is 3.95. The Morgan fingerprint density at radius 3 is 2.22 bits per heavy atom. The molecule has 4 rings (SSSR count). The second-order valence-corrected chi connectivity index (χ2v) is 7.05. The Morgan fingerprint density at radius 1 is 0.889 bits per heavy atom. The van der Waals surface area contributed by atoms with Gasteiger partial charge in [0.15, 0.2) is 11.5 Å². The van der Waals surface area contributed by atoms with E-state index >= 15 is 0 Å². The van der Waals surface area contributed by atoms with Crippen LogP contribution >= 0.6 is 12.4 Å². The first-order chi connectivity index (χ1) is 12.6. The van der Waals surface area contributed by atoms with E-state index in [9.17, 15) is 10.2 Å². The predicted molar refractivity (Wildman–Crippen MR) is 112 cm³/mol. The van der Waals surface area contributed by atoms with Crippen molar-refractivity contribution < 1.29 is 10.2 Å². The van der Waals surface area contributed by atoms with Crippen LogP contribution in [0.15, 0.2) is 66.7 Å². The molecule has 0 bridgehead atoms. The van der Waals surface area contributed by atoms with E-state index in [4.69, 9.17) is 0 Å². The van der Waals surface area contributed by atoms with E-state index in [1.807, 2.05) is 6.07 Å². The van der Waals surface area contributed by atoms with Gasteiger partial charge in [-0.3, -0.25) is 4.90 Å². The topological polar surface area (TPSA) is 43.7 Å². The van der Waals surface area contributed by atoms with Gasteiger partial charge in [0.05, 0.1) is 0 Å². The van der Waals surface area contributed by atoms with Gasteiger partial charge in [0, 0.05) is 12.6 Å². The number of phenolic OH excluding ortho intramolecular Hbond substituents is 2. The smallest absolute Gasteiger partial charge is 0.157 e. The quantitative estimate of drug-likeness (QED) is 0.630. The summed E-state index contributed by atoms with van der Waals surface area (Å²) in [5.74, 6) is -0.0669. The Balaban J connectivity index is 0.00000210. The lowest BCUT2D eigenvalue weighted by molar-refractivity contribution is 0.228. The van der Waals surface area contributed by atoms with Crippen LogP contribution in [0.4, 0.5) is 0 Å². The summed E-state index contributed by atoms with van der Waals surface area (Å²) < 4.78 is 0. The molecule has 1 aliphatic heterocycles. The number of hydrogen-bond acceptors (Lipinski definition) is 3. The summed E-state index contributed by atoms with van der Waals surface area (Å²) in [6.45, 7) is 0.948. The number of rotatable bonds is 3. The maximum absolute atomic E-state index is 9.94. The van der Waals surface area contributed by atoms with E-state index in [1.54, 1.807) is 12.1 Å². The van der Waals surface area contributed by atoms with Crippen molar-refractivity contribution in [2.75, 3.05) is 13.6 Å². The third-order valence-corrected chi connectivity index (χ3v) is 5.35. The number of aromatic hydroxyl groups is 2. The molecule has 140 valence electrons. The van der Waals surface area contributed by atoms with Crippen LogP contribution in [0.3, 0.4) is 0 Å². The Morgan fingerprint density at radius 2 is 1.52 bits per heavy atom. The molecule has 1 unspecified atom stereocenters.